The standard InChI is InChI=1S/C22H18N4O2/c1-14-11-18-20(22(27)26(14)13-15-5-3-2-4-6-15)19(16-7-9-25-10-8-16)17(12-23)21(24)28-18/h2-11,19H,13,24H2,1H3/t19-/m1/s1. The summed E-state index contributed by atoms with van der Waals surface area (Å²) in [4.78, 5) is 17.5. The van der Waals surface area contributed by atoms with E-state index in [9.17, 15) is 10.1 Å². The molecule has 3 aromatic rings. The van der Waals surface area contributed by atoms with E-state index in [0.29, 0.717) is 17.9 Å². The molecule has 0 bridgehead atoms. The molecule has 0 unspecified atom stereocenters. The zero-order valence-electron chi connectivity index (χ0n) is 15.3. The molecule has 1 aliphatic heterocycles. The highest BCUT2D eigenvalue weighted by molar-refractivity contribution is 5.55. The van der Waals surface area contributed by atoms with Gasteiger partial charge in [0.2, 0.25) is 5.88 Å². The highest BCUT2D eigenvalue weighted by Crippen LogP contribution is 2.40. The smallest absolute Gasteiger partial charge is 0.259 e. The van der Waals surface area contributed by atoms with Crippen molar-refractivity contribution in [2.75, 3.05) is 0 Å². The summed E-state index contributed by atoms with van der Waals surface area (Å²) in [6, 6.07) is 17.2. The Morgan fingerprint density at radius 2 is 1.93 bits per heavy atom. The minimum absolute atomic E-state index is 0.0245. The van der Waals surface area contributed by atoms with Gasteiger partial charge in [0.1, 0.15) is 17.4 Å². The zero-order chi connectivity index (χ0) is 19.7. The third-order valence-electron chi connectivity index (χ3n) is 4.91. The van der Waals surface area contributed by atoms with Crippen LogP contribution in [0.3, 0.4) is 0 Å². The van der Waals surface area contributed by atoms with Gasteiger partial charge in [-0.1, -0.05) is 30.3 Å². The molecule has 4 rings (SSSR count). The highest BCUT2D eigenvalue weighted by Gasteiger charge is 2.34. The molecule has 1 aliphatic rings. The lowest BCUT2D eigenvalue weighted by molar-refractivity contribution is 0.389. The van der Waals surface area contributed by atoms with Crippen molar-refractivity contribution in [3.63, 3.8) is 0 Å². The topological polar surface area (TPSA) is 93.9 Å². The fraction of sp³-hybridized carbons (Fsp3) is 0.136. The van der Waals surface area contributed by atoms with E-state index in [2.05, 4.69) is 11.1 Å². The van der Waals surface area contributed by atoms with E-state index in [1.165, 1.54) is 0 Å². The van der Waals surface area contributed by atoms with Crippen molar-refractivity contribution in [1.82, 2.24) is 9.55 Å². The van der Waals surface area contributed by atoms with E-state index >= 15 is 0 Å². The number of benzene rings is 1. The number of nitrogens with two attached hydrogens (primary N) is 1. The average molecular weight is 370 g/mol. The van der Waals surface area contributed by atoms with Crippen LogP contribution in [0.2, 0.25) is 0 Å². The summed E-state index contributed by atoms with van der Waals surface area (Å²) in [5.41, 5.74) is 9.00. The molecule has 0 radical (unpaired) electrons. The monoisotopic (exact) mass is 370 g/mol. The fourth-order valence-electron chi connectivity index (χ4n) is 3.54. The Balaban J connectivity index is 1.93. The Morgan fingerprint density at radius 3 is 2.61 bits per heavy atom. The normalized spacial score (nSPS) is 15.5. The van der Waals surface area contributed by atoms with Gasteiger partial charge in [0.25, 0.3) is 5.56 Å². The first-order valence-electron chi connectivity index (χ1n) is 8.86. The number of nitrogens with zero attached hydrogens (tertiary/aromatic N) is 3. The molecule has 6 nitrogen and oxygen atoms in total. The van der Waals surface area contributed by atoms with Gasteiger partial charge in [0.15, 0.2) is 0 Å². The Kier molecular flexibility index (Phi) is 4.42. The Hall–Kier alpha value is -3.85. The lowest BCUT2D eigenvalue weighted by atomic mass is 9.84. The highest BCUT2D eigenvalue weighted by atomic mass is 16.5. The molecule has 0 saturated heterocycles. The number of rotatable bonds is 3. The van der Waals surface area contributed by atoms with Crippen molar-refractivity contribution in [3.8, 4) is 11.8 Å². The second-order valence-electron chi connectivity index (χ2n) is 6.65. The number of ether oxygens (including phenoxy) is 1. The van der Waals surface area contributed by atoms with Gasteiger partial charge in [0, 0.05) is 24.2 Å². The molecule has 0 amide bonds. The molecule has 28 heavy (non-hydrogen) atoms. The molecule has 3 heterocycles. The number of pyridine rings is 2. The molecule has 2 N–H and O–H groups in total. The van der Waals surface area contributed by atoms with Crippen molar-refractivity contribution in [2.45, 2.75) is 19.4 Å². The third-order valence-corrected chi connectivity index (χ3v) is 4.91. The van der Waals surface area contributed by atoms with E-state index in [0.717, 1.165) is 16.8 Å². The van der Waals surface area contributed by atoms with Crippen LogP contribution < -0.4 is 16.0 Å². The molecular weight excluding hydrogens is 352 g/mol. The Bertz CT molecular complexity index is 1160. The Labute approximate surface area is 162 Å². The second kappa shape index (κ2) is 7.05. The number of fused-ring (bicyclic) bond motifs is 1. The number of hydrogen-bond acceptors (Lipinski definition) is 5. The number of hydrogen-bond donors (Lipinski definition) is 1. The Morgan fingerprint density at radius 1 is 1.21 bits per heavy atom. The number of aryl methyl sites for hydroxylation is 1. The van der Waals surface area contributed by atoms with E-state index in [4.69, 9.17) is 10.5 Å². The summed E-state index contributed by atoms with van der Waals surface area (Å²) in [6.07, 6.45) is 3.26. The molecule has 2 aromatic heterocycles. The molecule has 1 aromatic carbocycles. The zero-order valence-corrected chi connectivity index (χ0v) is 15.3. The van der Waals surface area contributed by atoms with E-state index in [1.807, 2.05) is 37.3 Å². The van der Waals surface area contributed by atoms with Crippen LogP contribution in [-0.2, 0) is 6.54 Å². The van der Waals surface area contributed by atoms with Crippen LogP contribution in [0.4, 0.5) is 0 Å². The van der Waals surface area contributed by atoms with Gasteiger partial charge < -0.3 is 15.0 Å². The van der Waals surface area contributed by atoms with Crippen LogP contribution in [0, 0.1) is 18.3 Å². The van der Waals surface area contributed by atoms with Crippen molar-refractivity contribution < 1.29 is 4.74 Å². The molecule has 0 fully saturated rings. The maximum Gasteiger partial charge on any atom is 0.259 e. The molecule has 6 heteroatoms. The SMILES string of the molecule is Cc1cc2c(c(=O)n1Cc1ccccc1)[C@H](c1ccncc1)C(C#N)=C(N)O2. The van der Waals surface area contributed by atoms with Crippen LogP contribution in [0.15, 0.2) is 77.2 Å². The van der Waals surface area contributed by atoms with Gasteiger partial charge in [-0.25, -0.2) is 0 Å². The lowest BCUT2D eigenvalue weighted by Gasteiger charge is -2.27. The van der Waals surface area contributed by atoms with Crippen LogP contribution in [0.1, 0.15) is 28.3 Å². The van der Waals surface area contributed by atoms with Gasteiger partial charge in [-0.2, -0.15) is 5.26 Å². The van der Waals surface area contributed by atoms with Crippen LogP contribution in [0.25, 0.3) is 0 Å². The van der Waals surface area contributed by atoms with Gasteiger partial charge in [-0.15, -0.1) is 0 Å². The molecule has 138 valence electrons. The molecular formula is C22H18N4O2. The van der Waals surface area contributed by atoms with Gasteiger partial charge in [-0.05, 0) is 30.2 Å². The largest absolute Gasteiger partial charge is 0.440 e. The van der Waals surface area contributed by atoms with Crippen LogP contribution >= 0.6 is 0 Å². The lowest BCUT2D eigenvalue weighted by Crippen LogP contribution is -2.33. The quantitative estimate of drug-likeness (QED) is 0.765. The van der Waals surface area contributed by atoms with Crippen LogP contribution in [-0.4, -0.2) is 9.55 Å². The van der Waals surface area contributed by atoms with Crippen LogP contribution in [0.5, 0.6) is 5.75 Å². The van der Waals surface area contributed by atoms with E-state index in [-0.39, 0.29) is 17.0 Å². The summed E-state index contributed by atoms with van der Waals surface area (Å²) in [7, 11) is 0. The third kappa shape index (κ3) is 2.93. The van der Waals surface area contributed by atoms with E-state index in [1.54, 1.807) is 35.2 Å². The number of allylic oxidation sites excluding steroid dienone is 1. The summed E-state index contributed by atoms with van der Waals surface area (Å²) in [5, 5.41) is 9.68. The first-order chi connectivity index (χ1) is 13.6. The maximum absolute atomic E-state index is 13.5. The number of nitriles is 1. The van der Waals surface area contributed by atoms with Crippen molar-refractivity contribution in [1.29, 1.82) is 5.26 Å². The second-order valence-corrected chi connectivity index (χ2v) is 6.65. The predicted molar refractivity (Wildman–Crippen MR) is 105 cm³/mol. The fourth-order valence-corrected chi connectivity index (χ4v) is 3.54. The van der Waals surface area contributed by atoms with Gasteiger partial charge in [-0.3, -0.25) is 9.78 Å². The first-order valence-corrected chi connectivity index (χ1v) is 8.86. The minimum atomic E-state index is -0.591. The summed E-state index contributed by atoms with van der Waals surface area (Å²) < 4.78 is 7.36. The molecule has 1 atom stereocenters. The molecule has 0 aliphatic carbocycles. The average Bonchev–Trinajstić information content (AvgIpc) is 2.71. The maximum atomic E-state index is 13.5. The van der Waals surface area contributed by atoms with Crippen molar-refractivity contribution >= 4 is 0 Å². The van der Waals surface area contributed by atoms with E-state index < -0.39 is 5.92 Å². The van der Waals surface area contributed by atoms with Gasteiger partial charge >= 0.3 is 0 Å². The van der Waals surface area contributed by atoms with Gasteiger partial charge in [0.05, 0.1) is 18.0 Å². The summed E-state index contributed by atoms with van der Waals surface area (Å²) in [5.74, 6) is -0.173. The predicted octanol–water partition coefficient (Wildman–Crippen LogP) is 2.82. The summed E-state index contributed by atoms with van der Waals surface area (Å²) >= 11 is 0. The first kappa shape index (κ1) is 17.6. The molecule has 0 spiro atoms. The van der Waals surface area contributed by atoms with Crippen molar-refractivity contribution in [3.05, 3.63) is 105 Å². The molecule has 0 saturated carbocycles. The summed E-state index contributed by atoms with van der Waals surface area (Å²) in [6.45, 7) is 2.29. The van der Waals surface area contributed by atoms with Crippen molar-refractivity contribution in [2.24, 2.45) is 5.73 Å². The minimum Gasteiger partial charge on any atom is -0.440 e. The number of aromatic nitrogens is 2.